The number of aromatic nitrogens is 1. The van der Waals surface area contributed by atoms with Crippen LogP contribution in [0.2, 0.25) is 0 Å². The lowest BCUT2D eigenvalue weighted by atomic mass is 10.1. The highest BCUT2D eigenvalue weighted by atomic mass is 19.4. The van der Waals surface area contributed by atoms with Crippen LogP contribution in [0.5, 0.6) is 0 Å². The minimum absolute atomic E-state index is 0.118. The average Bonchev–Trinajstić information content (AvgIpc) is 2.25. The fraction of sp³-hybridized carbons (Fsp3) is 0.583. The minimum atomic E-state index is -4.38. The van der Waals surface area contributed by atoms with E-state index in [-0.39, 0.29) is 12.4 Å². The smallest absolute Gasteiger partial charge is 0.391 e. The average molecular weight is 262 g/mol. The van der Waals surface area contributed by atoms with Crippen LogP contribution in [0.15, 0.2) is 18.3 Å². The van der Waals surface area contributed by atoms with Crippen molar-refractivity contribution in [1.29, 1.82) is 0 Å². The van der Waals surface area contributed by atoms with E-state index in [0.717, 1.165) is 18.3 Å². The predicted molar refractivity (Wildman–Crippen MR) is 63.2 cm³/mol. The van der Waals surface area contributed by atoms with E-state index < -0.39 is 17.8 Å². The van der Waals surface area contributed by atoms with Gasteiger partial charge in [0.15, 0.2) is 0 Å². The summed E-state index contributed by atoms with van der Waals surface area (Å²) in [6.07, 6.45) is -3.29. The summed E-state index contributed by atoms with van der Waals surface area (Å²) in [6.45, 7) is 4.12. The lowest BCUT2D eigenvalue weighted by Crippen LogP contribution is -2.21. The summed E-state index contributed by atoms with van der Waals surface area (Å²) in [6, 6.07) is 1.85. The molecule has 1 rings (SSSR count). The second-order valence-corrected chi connectivity index (χ2v) is 4.59. The fourth-order valence-electron chi connectivity index (χ4n) is 1.55. The van der Waals surface area contributed by atoms with Crippen LogP contribution in [0.25, 0.3) is 0 Å². The lowest BCUT2D eigenvalue weighted by molar-refractivity contribution is -0.137. The summed E-state index contributed by atoms with van der Waals surface area (Å²) in [7, 11) is 0. The second kappa shape index (κ2) is 6.04. The topological polar surface area (TPSA) is 45.1 Å². The van der Waals surface area contributed by atoms with Gasteiger partial charge in [0.1, 0.15) is 5.82 Å². The van der Waals surface area contributed by atoms with Crippen LogP contribution in [0.1, 0.15) is 25.8 Å². The standard InChI is InChI=1S/C12H17F3N2O/c1-8(2)5-10(18)7-17-11-6-9(3-4-16-11)12(13,14)15/h3-4,6,8,10,18H,5,7H2,1-2H3,(H,16,17). The number of alkyl halides is 3. The van der Waals surface area contributed by atoms with Crippen molar-refractivity contribution in [3.8, 4) is 0 Å². The first-order chi connectivity index (χ1) is 8.29. The first-order valence-electron chi connectivity index (χ1n) is 5.74. The molecule has 0 amide bonds. The van der Waals surface area contributed by atoms with Crippen molar-refractivity contribution in [2.24, 2.45) is 5.92 Å². The van der Waals surface area contributed by atoms with Crippen LogP contribution in [-0.2, 0) is 6.18 Å². The van der Waals surface area contributed by atoms with E-state index >= 15 is 0 Å². The molecule has 0 radical (unpaired) electrons. The summed E-state index contributed by atoms with van der Waals surface area (Å²) < 4.78 is 37.3. The lowest BCUT2D eigenvalue weighted by Gasteiger charge is -2.15. The van der Waals surface area contributed by atoms with Gasteiger partial charge in [-0.3, -0.25) is 0 Å². The van der Waals surface area contributed by atoms with Crippen LogP contribution in [0.3, 0.4) is 0 Å². The molecule has 0 aliphatic heterocycles. The molecule has 1 aromatic rings. The largest absolute Gasteiger partial charge is 0.416 e. The molecule has 0 bridgehead atoms. The molecule has 102 valence electrons. The van der Waals surface area contributed by atoms with Crippen molar-refractivity contribution < 1.29 is 18.3 Å². The zero-order valence-electron chi connectivity index (χ0n) is 10.3. The number of hydrogen-bond donors (Lipinski definition) is 2. The van der Waals surface area contributed by atoms with Gasteiger partial charge in [-0.05, 0) is 24.5 Å². The Balaban J connectivity index is 2.58. The van der Waals surface area contributed by atoms with Gasteiger partial charge in [-0.1, -0.05) is 13.8 Å². The molecule has 1 heterocycles. The number of aliphatic hydroxyl groups excluding tert-OH is 1. The van der Waals surface area contributed by atoms with Gasteiger partial charge in [0.05, 0.1) is 11.7 Å². The maximum Gasteiger partial charge on any atom is 0.416 e. The Morgan fingerprint density at radius 1 is 1.39 bits per heavy atom. The third-order valence-electron chi connectivity index (χ3n) is 2.35. The molecule has 1 unspecified atom stereocenters. The summed E-state index contributed by atoms with van der Waals surface area (Å²) in [5.41, 5.74) is -0.752. The van der Waals surface area contributed by atoms with Crippen molar-refractivity contribution in [2.45, 2.75) is 32.5 Å². The van der Waals surface area contributed by atoms with Gasteiger partial charge in [0, 0.05) is 12.7 Å². The van der Waals surface area contributed by atoms with Gasteiger partial charge in [0.2, 0.25) is 0 Å². The number of rotatable bonds is 5. The molecule has 18 heavy (non-hydrogen) atoms. The van der Waals surface area contributed by atoms with Crippen molar-refractivity contribution >= 4 is 5.82 Å². The zero-order chi connectivity index (χ0) is 13.8. The molecule has 6 heteroatoms. The van der Waals surface area contributed by atoms with E-state index in [9.17, 15) is 18.3 Å². The number of hydrogen-bond acceptors (Lipinski definition) is 3. The molecule has 2 N–H and O–H groups in total. The van der Waals surface area contributed by atoms with Gasteiger partial charge in [-0.25, -0.2) is 4.98 Å². The van der Waals surface area contributed by atoms with Crippen LogP contribution in [0, 0.1) is 5.92 Å². The van der Waals surface area contributed by atoms with Crippen LogP contribution < -0.4 is 5.32 Å². The first kappa shape index (κ1) is 14.8. The molecular weight excluding hydrogens is 245 g/mol. The summed E-state index contributed by atoms with van der Waals surface area (Å²) >= 11 is 0. The Morgan fingerprint density at radius 2 is 2.06 bits per heavy atom. The molecular formula is C12H17F3N2O. The molecule has 0 fully saturated rings. The zero-order valence-corrected chi connectivity index (χ0v) is 10.3. The molecule has 0 aliphatic rings. The van der Waals surface area contributed by atoms with Crippen molar-refractivity contribution in [2.75, 3.05) is 11.9 Å². The van der Waals surface area contributed by atoms with Gasteiger partial charge < -0.3 is 10.4 Å². The third kappa shape index (κ3) is 4.91. The van der Waals surface area contributed by atoms with E-state index in [1.54, 1.807) is 0 Å². The summed E-state index contributed by atoms with van der Waals surface area (Å²) in [5.74, 6) is 0.448. The monoisotopic (exact) mass is 262 g/mol. The van der Waals surface area contributed by atoms with E-state index in [1.807, 2.05) is 13.8 Å². The maximum atomic E-state index is 12.4. The third-order valence-corrected chi connectivity index (χ3v) is 2.35. The SMILES string of the molecule is CC(C)CC(O)CNc1cc(C(F)(F)F)ccn1. The van der Waals surface area contributed by atoms with Crippen molar-refractivity contribution in [1.82, 2.24) is 4.98 Å². The highest BCUT2D eigenvalue weighted by Crippen LogP contribution is 2.29. The second-order valence-electron chi connectivity index (χ2n) is 4.59. The Kier molecular flexibility index (Phi) is 4.95. The van der Waals surface area contributed by atoms with E-state index in [2.05, 4.69) is 10.3 Å². The Bertz CT molecular complexity index is 380. The maximum absolute atomic E-state index is 12.4. The molecule has 0 saturated carbocycles. The quantitative estimate of drug-likeness (QED) is 0.857. The van der Waals surface area contributed by atoms with Gasteiger partial charge >= 0.3 is 6.18 Å². The highest BCUT2D eigenvalue weighted by molar-refractivity contribution is 5.38. The molecule has 1 atom stereocenters. The van der Waals surface area contributed by atoms with Crippen LogP contribution in [0.4, 0.5) is 19.0 Å². The molecule has 1 aromatic heterocycles. The molecule has 0 aliphatic carbocycles. The Morgan fingerprint density at radius 3 is 2.61 bits per heavy atom. The number of aliphatic hydroxyl groups is 1. The Hall–Kier alpha value is -1.30. The number of anilines is 1. The number of pyridine rings is 1. The number of halogens is 3. The van der Waals surface area contributed by atoms with E-state index in [1.165, 1.54) is 0 Å². The number of nitrogens with zero attached hydrogens (tertiary/aromatic N) is 1. The fourth-order valence-corrected chi connectivity index (χ4v) is 1.55. The molecule has 3 nitrogen and oxygen atoms in total. The molecule has 0 saturated heterocycles. The molecule has 0 spiro atoms. The van der Waals surface area contributed by atoms with Crippen molar-refractivity contribution in [3.63, 3.8) is 0 Å². The predicted octanol–water partition coefficient (Wildman–Crippen LogP) is 2.92. The highest BCUT2D eigenvalue weighted by Gasteiger charge is 2.30. The Labute approximate surface area is 104 Å². The van der Waals surface area contributed by atoms with E-state index in [0.29, 0.717) is 12.3 Å². The van der Waals surface area contributed by atoms with Crippen LogP contribution >= 0.6 is 0 Å². The molecule has 0 aromatic carbocycles. The van der Waals surface area contributed by atoms with Crippen molar-refractivity contribution in [3.05, 3.63) is 23.9 Å². The van der Waals surface area contributed by atoms with Gasteiger partial charge in [-0.15, -0.1) is 0 Å². The minimum Gasteiger partial charge on any atom is -0.391 e. The summed E-state index contributed by atoms with van der Waals surface area (Å²) in [5, 5.41) is 12.3. The van der Waals surface area contributed by atoms with Gasteiger partial charge in [-0.2, -0.15) is 13.2 Å². The van der Waals surface area contributed by atoms with Gasteiger partial charge in [0.25, 0.3) is 0 Å². The van der Waals surface area contributed by atoms with E-state index in [4.69, 9.17) is 0 Å². The van der Waals surface area contributed by atoms with Crippen LogP contribution in [-0.4, -0.2) is 22.7 Å². The first-order valence-corrected chi connectivity index (χ1v) is 5.74. The summed E-state index contributed by atoms with van der Waals surface area (Å²) in [4.78, 5) is 3.78. The normalized spacial score (nSPS) is 13.7. The number of nitrogens with one attached hydrogen (secondary N) is 1.